The van der Waals surface area contributed by atoms with Gasteiger partial charge in [0.2, 0.25) is 0 Å². The van der Waals surface area contributed by atoms with Crippen LogP contribution in [-0.2, 0) is 0 Å². The van der Waals surface area contributed by atoms with E-state index in [4.69, 9.17) is 5.73 Å². The minimum absolute atomic E-state index is 0.151. The molecule has 0 fully saturated rings. The number of pyridine rings is 1. The molecule has 0 radical (unpaired) electrons. The van der Waals surface area contributed by atoms with Crippen LogP contribution in [0, 0.1) is 0 Å². The third-order valence-electron chi connectivity index (χ3n) is 2.21. The summed E-state index contributed by atoms with van der Waals surface area (Å²) in [6.45, 7) is 0. The molecule has 86 valence electrons. The number of carbonyl (C=O) groups excluding carboxylic acids is 1. The van der Waals surface area contributed by atoms with E-state index in [-0.39, 0.29) is 17.3 Å². The number of amides is 1. The average molecular weight is 229 g/mol. The molecular weight excluding hydrogens is 218 g/mol. The van der Waals surface area contributed by atoms with Crippen LogP contribution >= 0.6 is 0 Å². The first-order valence-corrected chi connectivity index (χ1v) is 4.97. The van der Waals surface area contributed by atoms with E-state index in [0.29, 0.717) is 5.82 Å². The summed E-state index contributed by atoms with van der Waals surface area (Å²) in [4.78, 5) is 23.5. The van der Waals surface area contributed by atoms with Crippen molar-refractivity contribution in [3.05, 3.63) is 36.3 Å². The van der Waals surface area contributed by atoms with Crippen molar-refractivity contribution in [3.8, 4) is 11.4 Å². The zero-order valence-electron chi connectivity index (χ0n) is 9.21. The van der Waals surface area contributed by atoms with Crippen LogP contribution in [-0.4, -0.2) is 27.9 Å². The largest absolute Gasteiger partial charge is 0.383 e. The molecule has 17 heavy (non-hydrogen) atoms. The summed E-state index contributed by atoms with van der Waals surface area (Å²) < 4.78 is 0. The third kappa shape index (κ3) is 2.20. The minimum Gasteiger partial charge on any atom is -0.383 e. The molecule has 3 N–H and O–H groups in total. The second-order valence-electron chi connectivity index (χ2n) is 3.31. The van der Waals surface area contributed by atoms with Gasteiger partial charge in [-0.1, -0.05) is 0 Å². The summed E-state index contributed by atoms with van der Waals surface area (Å²) in [7, 11) is 1.52. The van der Waals surface area contributed by atoms with Gasteiger partial charge in [-0.15, -0.1) is 0 Å². The maximum Gasteiger partial charge on any atom is 0.256 e. The monoisotopic (exact) mass is 229 g/mol. The summed E-state index contributed by atoms with van der Waals surface area (Å²) in [5, 5.41) is 2.47. The lowest BCUT2D eigenvalue weighted by atomic mass is 10.2. The van der Waals surface area contributed by atoms with Crippen molar-refractivity contribution in [2.24, 2.45) is 0 Å². The number of carbonyl (C=O) groups is 1. The van der Waals surface area contributed by atoms with E-state index in [1.165, 1.54) is 13.2 Å². The van der Waals surface area contributed by atoms with Crippen molar-refractivity contribution in [1.29, 1.82) is 0 Å². The fourth-order valence-corrected chi connectivity index (χ4v) is 1.34. The summed E-state index contributed by atoms with van der Waals surface area (Å²) in [6.07, 6.45) is 4.70. The number of anilines is 1. The van der Waals surface area contributed by atoms with Crippen LogP contribution in [0.1, 0.15) is 10.4 Å². The van der Waals surface area contributed by atoms with E-state index >= 15 is 0 Å². The molecule has 0 atom stereocenters. The molecule has 2 aromatic heterocycles. The molecular formula is C11H11N5O. The first kappa shape index (κ1) is 11.0. The Labute approximate surface area is 97.9 Å². The van der Waals surface area contributed by atoms with Crippen LogP contribution in [0.15, 0.2) is 30.7 Å². The molecule has 0 aromatic carbocycles. The minimum atomic E-state index is -0.305. The second kappa shape index (κ2) is 4.56. The van der Waals surface area contributed by atoms with E-state index in [1.807, 2.05) is 6.07 Å². The third-order valence-corrected chi connectivity index (χ3v) is 2.21. The summed E-state index contributed by atoms with van der Waals surface area (Å²) in [6, 6.07) is 3.60. The molecule has 1 amide bonds. The van der Waals surface area contributed by atoms with Gasteiger partial charge >= 0.3 is 0 Å². The maximum atomic E-state index is 11.4. The first-order chi connectivity index (χ1) is 8.22. The van der Waals surface area contributed by atoms with Crippen LogP contribution < -0.4 is 11.1 Å². The Morgan fingerprint density at radius 1 is 1.41 bits per heavy atom. The predicted molar refractivity (Wildman–Crippen MR) is 63.1 cm³/mol. The van der Waals surface area contributed by atoms with Gasteiger partial charge < -0.3 is 11.1 Å². The second-order valence-corrected chi connectivity index (χ2v) is 3.31. The molecule has 2 heterocycles. The van der Waals surface area contributed by atoms with Crippen LogP contribution in [0.5, 0.6) is 0 Å². The van der Waals surface area contributed by atoms with Crippen LogP contribution in [0.25, 0.3) is 11.4 Å². The lowest BCUT2D eigenvalue weighted by molar-refractivity contribution is 0.0963. The Balaban J connectivity index is 2.41. The Hall–Kier alpha value is -2.50. The smallest absolute Gasteiger partial charge is 0.256 e. The fraction of sp³-hybridized carbons (Fsp3) is 0.0909. The fourth-order valence-electron chi connectivity index (χ4n) is 1.34. The predicted octanol–water partition coefficient (Wildman–Crippen LogP) is 0.480. The number of hydrogen-bond donors (Lipinski definition) is 2. The van der Waals surface area contributed by atoms with E-state index in [2.05, 4.69) is 20.3 Å². The zero-order valence-corrected chi connectivity index (χ0v) is 9.21. The molecule has 0 unspecified atom stereocenters. The Bertz CT molecular complexity index is 541. The van der Waals surface area contributed by atoms with Gasteiger partial charge in [-0.2, -0.15) is 0 Å². The Kier molecular flexibility index (Phi) is 2.95. The number of aromatic nitrogens is 3. The quantitative estimate of drug-likeness (QED) is 0.781. The number of nitrogens with one attached hydrogen (secondary N) is 1. The molecule has 2 rings (SSSR count). The molecule has 0 aliphatic heterocycles. The van der Waals surface area contributed by atoms with E-state index < -0.39 is 0 Å². The van der Waals surface area contributed by atoms with Gasteiger partial charge in [0.05, 0.1) is 5.56 Å². The maximum absolute atomic E-state index is 11.4. The van der Waals surface area contributed by atoms with E-state index in [0.717, 1.165) is 5.56 Å². The first-order valence-electron chi connectivity index (χ1n) is 4.97. The SMILES string of the molecule is CNC(=O)c1cnc(-c2cccnc2)nc1N. The molecule has 0 saturated carbocycles. The molecule has 0 aliphatic rings. The molecule has 0 spiro atoms. The number of nitrogen functional groups attached to an aromatic ring is 1. The summed E-state index contributed by atoms with van der Waals surface area (Å²) in [5.74, 6) is 0.293. The molecule has 0 saturated heterocycles. The van der Waals surface area contributed by atoms with Crippen LogP contribution in [0.3, 0.4) is 0 Å². The zero-order chi connectivity index (χ0) is 12.3. The number of nitrogens with zero attached hydrogens (tertiary/aromatic N) is 3. The van der Waals surface area contributed by atoms with Gasteiger partial charge in [0.15, 0.2) is 5.82 Å². The lowest BCUT2D eigenvalue weighted by Crippen LogP contribution is -2.20. The molecule has 6 nitrogen and oxygen atoms in total. The highest BCUT2D eigenvalue weighted by Crippen LogP contribution is 2.16. The lowest BCUT2D eigenvalue weighted by Gasteiger charge is -2.05. The Morgan fingerprint density at radius 3 is 2.82 bits per heavy atom. The average Bonchev–Trinajstić information content (AvgIpc) is 2.39. The van der Waals surface area contributed by atoms with Crippen LogP contribution in [0.2, 0.25) is 0 Å². The normalized spacial score (nSPS) is 9.94. The highest BCUT2D eigenvalue weighted by Gasteiger charge is 2.11. The van der Waals surface area contributed by atoms with Crippen molar-refractivity contribution in [2.45, 2.75) is 0 Å². The summed E-state index contributed by atoms with van der Waals surface area (Å²) >= 11 is 0. The Morgan fingerprint density at radius 2 is 2.24 bits per heavy atom. The molecule has 2 aromatic rings. The highest BCUT2D eigenvalue weighted by atomic mass is 16.1. The van der Waals surface area contributed by atoms with Crippen LogP contribution in [0.4, 0.5) is 5.82 Å². The molecule has 0 aliphatic carbocycles. The number of rotatable bonds is 2. The number of hydrogen-bond acceptors (Lipinski definition) is 5. The summed E-state index contributed by atoms with van der Waals surface area (Å²) in [5.41, 5.74) is 6.72. The van der Waals surface area contributed by atoms with Crippen molar-refractivity contribution >= 4 is 11.7 Å². The van der Waals surface area contributed by atoms with Gasteiger partial charge in [-0.25, -0.2) is 9.97 Å². The topological polar surface area (TPSA) is 93.8 Å². The van der Waals surface area contributed by atoms with Gasteiger partial charge in [-0.05, 0) is 12.1 Å². The van der Waals surface area contributed by atoms with E-state index in [9.17, 15) is 4.79 Å². The van der Waals surface area contributed by atoms with Crippen molar-refractivity contribution in [3.63, 3.8) is 0 Å². The van der Waals surface area contributed by atoms with Crippen molar-refractivity contribution < 1.29 is 4.79 Å². The van der Waals surface area contributed by atoms with Crippen molar-refractivity contribution in [2.75, 3.05) is 12.8 Å². The standard InChI is InChI=1S/C11H11N5O/c1-13-11(17)8-6-15-10(16-9(8)12)7-3-2-4-14-5-7/h2-6H,1H3,(H,13,17)(H2,12,15,16). The van der Waals surface area contributed by atoms with Crippen molar-refractivity contribution in [1.82, 2.24) is 20.3 Å². The van der Waals surface area contributed by atoms with Gasteiger partial charge in [-0.3, -0.25) is 9.78 Å². The highest BCUT2D eigenvalue weighted by molar-refractivity contribution is 5.98. The molecule has 6 heteroatoms. The molecule has 0 bridgehead atoms. The van der Waals surface area contributed by atoms with Gasteiger partial charge in [0.1, 0.15) is 5.82 Å². The number of nitrogens with two attached hydrogens (primary N) is 1. The van der Waals surface area contributed by atoms with E-state index in [1.54, 1.807) is 18.5 Å². The van der Waals surface area contributed by atoms with Gasteiger partial charge in [0, 0.05) is 31.2 Å². The van der Waals surface area contributed by atoms with Gasteiger partial charge in [0.25, 0.3) is 5.91 Å².